The third-order valence-electron chi connectivity index (χ3n) is 3.87. The number of rotatable bonds is 0. The zero-order valence-electron chi connectivity index (χ0n) is 9.87. The zero-order chi connectivity index (χ0) is 12.7. The predicted molar refractivity (Wildman–Crippen MR) is 64.0 cm³/mol. The lowest BCUT2D eigenvalue weighted by atomic mass is 9.87. The molecule has 18 heavy (non-hydrogen) atoms. The normalized spacial score (nSPS) is 25.9. The maximum absolute atomic E-state index is 11.1. The van der Waals surface area contributed by atoms with E-state index in [2.05, 4.69) is 0 Å². The van der Waals surface area contributed by atoms with Crippen molar-refractivity contribution in [3.8, 4) is 11.5 Å². The maximum atomic E-state index is 11.1. The molecule has 3 rings (SSSR count). The monoisotopic (exact) mass is 249 g/mol. The van der Waals surface area contributed by atoms with Gasteiger partial charge >= 0.3 is 6.09 Å². The van der Waals surface area contributed by atoms with Gasteiger partial charge in [-0.05, 0) is 18.4 Å². The second-order valence-electron chi connectivity index (χ2n) is 4.89. The SMILES string of the molecule is O=C(O)N1CC2CCOc3c(O)cccc3C2C1. The van der Waals surface area contributed by atoms with Crippen molar-refractivity contribution >= 4 is 6.09 Å². The molecule has 1 aromatic rings. The molecule has 2 N–H and O–H groups in total. The van der Waals surface area contributed by atoms with E-state index in [0.29, 0.717) is 25.4 Å². The average molecular weight is 249 g/mol. The van der Waals surface area contributed by atoms with Gasteiger partial charge in [-0.15, -0.1) is 0 Å². The van der Waals surface area contributed by atoms with E-state index in [0.717, 1.165) is 12.0 Å². The van der Waals surface area contributed by atoms with E-state index in [1.54, 1.807) is 12.1 Å². The molecule has 0 aromatic heterocycles. The number of carboxylic acid groups (broad SMARTS) is 1. The minimum atomic E-state index is -0.870. The Kier molecular flexibility index (Phi) is 2.54. The number of hydrogen-bond acceptors (Lipinski definition) is 3. The molecule has 5 heteroatoms. The number of phenolic OH excluding ortho intramolecular Hbond substituents is 1. The number of aromatic hydroxyl groups is 1. The van der Waals surface area contributed by atoms with Gasteiger partial charge in [0.25, 0.3) is 0 Å². The van der Waals surface area contributed by atoms with Gasteiger partial charge in [-0.25, -0.2) is 4.79 Å². The number of para-hydroxylation sites is 1. The molecule has 96 valence electrons. The van der Waals surface area contributed by atoms with Crippen LogP contribution in [0, 0.1) is 5.92 Å². The Balaban J connectivity index is 1.99. The fourth-order valence-electron chi connectivity index (χ4n) is 2.98. The molecule has 1 fully saturated rings. The lowest BCUT2D eigenvalue weighted by molar-refractivity contribution is 0.152. The number of phenols is 1. The van der Waals surface area contributed by atoms with Gasteiger partial charge in [0, 0.05) is 24.6 Å². The quantitative estimate of drug-likeness (QED) is 0.736. The molecule has 0 aliphatic carbocycles. The summed E-state index contributed by atoms with van der Waals surface area (Å²) in [5.74, 6) is 1.08. The van der Waals surface area contributed by atoms with E-state index in [4.69, 9.17) is 9.84 Å². The van der Waals surface area contributed by atoms with Crippen LogP contribution in [-0.2, 0) is 0 Å². The van der Waals surface area contributed by atoms with Gasteiger partial charge in [0.15, 0.2) is 11.5 Å². The van der Waals surface area contributed by atoms with E-state index in [1.807, 2.05) is 6.07 Å². The predicted octanol–water partition coefficient (Wildman–Crippen LogP) is 1.87. The molecule has 2 unspecified atom stereocenters. The van der Waals surface area contributed by atoms with Crippen molar-refractivity contribution in [3.63, 3.8) is 0 Å². The van der Waals surface area contributed by atoms with Gasteiger partial charge in [0.2, 0.25) is 0 Å². The molecule has 2 atom stereocenters. The van der Waals surface area contributed by atoms with Crippen LogP contribution in [0.25, 0.3) is 0 Å². The van der Waals surface area contributed by atoms with Crippen LogP contribution in [0.15, 0.2) is 18.2 Å². The minimum absolute atomic E-state index is 0.130. The zero-order valence-corrected chi connectivity index (χ0v) is 9.87. The number of likely N-dealkylation sites (tertiary alicyclic amines) is 1. The van der Waals surface area contributed by atoms with Gasteiger partial charge in [0.05, 0.1) is 6.61 Å². The Labute approximate surface area is 105 Å². The summed E-state index contributed by atoms with van der Waals surface area (Å²) < 4.78 is 5.60. The third-order valence-corrected chi connectivity index (χ3v) is 3.87. The number of amides is 1. The molecule has 5 nitrogen and oxygen atoms in total. The lowest BCUT2D eigenvalue weighted by Crippen LogP contribution is -2.27. The molecule has 1 saturated heterocycles. The largest absolute Gasteiger partial charge is 0.504 e. The van der Waals surface area contributed by atoms with Gasteiger partial charge in [-0.1, -0.05) is 12.1 Å². The first kappa shape index (κ1) is 11.2. The first-order valence-corrected chi connectivity index (χ1v) is 6.09. The summed E-state index contributed by atoms with van der Waals surface area (Å²) in [4.78, 5) is 12.5. The van der Waals surface area contributed by atoms with Crippen LogP contribution in [0.1, 0.15) is 17.9 Å². The summed E-state index contributed by atoms with van der Waals surface area (Å²) in [6.45, 7) is 1.57. The van der Waals surface area contributed by atoms with Crippen LogP contribution in [0.5, 0.6) is 11.5 Å². The van der Waals surface area contributed by atoms with Crippen LogP contribution >= 0.6 is 0 Å². The molecule has 0 radical (unpaired) electrons. The fraction of sp³-hybridized carbons (Fsp3) is 0.462. The van der Waals surface area contributed by atoms with Gasteiger partial charge in [-0.2, -0.15) is 0 Å². The van der Waals surface area contributed by atoms with Crippen molar-refractivity contribution < 1.29 is 19.7 Å². The number of carbonyl (C=O) groups is 1. The summed E-state index contributed by atoms with van der Waals surface area (Å²) >= 11 is 0. The van der Waals surface area contributed by atoms with Crippen LogP contribution in [0.4, 0.5) is 4.79 Å². The lowest BCUT2D eigenvalue weighted by Gasteiger charge is -2.16. The molecule has 2 heterocycles. The van der Waals surface area contributed by atoms with Crippen molar-refractivity contribution in [2.24, 2.45) is 5.92 Å². The topological polar surface area (TPSA) is 70.0 Å². The number of ether oxygens (including phenoxy) is 1. The van der Waals surface area contributed by atoms with Crippen LogP contribution in [0.2, 0.25) is 0 Å². The van der Waals surface area contributed by atoms with E-state index in [1.165, 1.54) is 4.90 Å². The van der Waals surface area contributed by atoms with Crippen molar-refractivity contribution in [2.45, 2.75) is 12.3 Å². The fourth-order valence-corrected chi connectivity index (χ4v) is 2.98. The highest BCUT2D eigenvalue weighted by molar-refractivity contribution is 5.66. The molecule has 0 bridgehead atoms. The Morgan fingerprint density at radius 3 is 3.00 bits per heavy atom. The molecule has 2 aliphatic heterocycles. The summed E-state index contributed by atoms with van der Waals surface area (Å²) in [5.41, 5.74) is 0.932. The average Bonchev–Trinajstić information content (AvgIpc) is 2.68. The molecule has 0 saturated carbocycles. The number of nitrogens with zero attached hydrogens (tertiary/aromatic N) is 1. The molecular weight excluding hydrogens is 234 g/mol. The second-order valence-corrected chi connectivity index (χ2v) is 4.89. The van der Waals surface area contributed by atoms with Gasteiger partial charge < -0.3 is 19.8 Å². The molecule has 1 amide bonds. The van der Waals surface area contributed by atoms with Crippen LogP contribution in [-0.4, -0.2) is 40.9 Å². The maximum Gasteiger partial charge on any atom is 0.407 e. The molecule has 1 aromatic carbocycles. The smallest absolute Gasteiger partial charge is 0.407 e. The molecular formula is C13H15NO4. The Morgan fingerprint density at radius 1 is 1.39 bits per heavy atom. The van der Waals surface area contributed by atoms with E-state index >= 15 is 0 Å². The van der Waals surface area contributed by atoms with E-state index in [-0.39, 0.29) is 17.6 Å². The van der Waals surface area contributed by atoms with Gasteiger partial charge in [0.1, 0.15) is 0 Å². The van der Waals surface area contributed by atoms with Crippen molar-refractivity contribution in [2.75, 3.05) is 19.7 Å². The highest BCUT2D eigenvalue weighted by Crippen LogP contribution is 2.44. The number of hydrogen-bond donors (Lipinski definition) is 2. The highest BCUT2D eigenvalue weighted by Gasteiger charge is 2.39. The van der Waals surface area contributed by atoms with E-state index < -0.39 is 6.09 Å². The van der Waals surface area contributed by atoms with Crippen molar-refractivity contribution in [3.05, 3.63) is 23.8 Å². The van der Waals surface area contributed by atoms with E-state index in [9.17, 15) is 9.90 Å². The Bertz CT molecular complexity index is 488. The van der Waals surface area contributed by atoms with Gasteiger partial charge in [-0.3, -0.25) is 0 Å². The number of benzene rings is 1. The van der Waals surface area contributed by atoms with Crippen LogP contribution < -0.4 is 4.74 Å². The third kappa shape index (κ3) is 1.66. The summed E-state index contributed by atoms with van der Waals surface area (Å²) in [6, 6.07) is 5.30. The second kappa shape index (κ2) is 4.08. The highest BCUT2D eigenvalue weighted by atomic mass is 16.5. The number of fused-ring (bicyclic) bond motifs is 3. The summed E-state index contributed by atoms with van der Waals surface area (Å²) in [5, 5.41) is 18.9. The van der Waals surface area contributed by atoms with Crippen LogP contribution in [0.3, 0.4) is 0 Å². The first-order valence-electron chi connectivity index (χ1n) is 6.09. The Hall–Kier alpha value is -1.91. The van der Waals surface area contributed by atoms with Crippen molar-refractivity contribution in [1.29, 1.82) is 0 Å². The standard InChI is InChI=1S/C13H15NO4/c15-11-3-1-2-9-10-7-14(13(16)17)6-8(10)4-5-18-12(9)11/h1-3,8,10,15H,4-7H2,(H,16,17). The summed E-state index contributed by atoms with van der Waals surface area (Å²) in [7, 11) is 0. The summed E-state index contributed by atoms with van der Waals surface area (Å²) in [6.07, 6.45) is -0.0477. The first-order chi connectivity index (χ1) is 8.66. The molecule has 0 spiro atoms. The van der Waals surface area contributed by atoms with Crippen molar-refractivity contribution in [1.82, 2.24) is 4.90 Å². The Morgan fingerprint density at radius 2 is 2.22 bits per heavy atom. The molecule has 2 aliphatic rings. The minimum Gasteiger partial charge on any atom is -0.504 e.